The van der Waals surface area contributed by atoms with Crippen molar-refractivity contribution in [2.24, 2.45) is 7.05 Å². The van der Waals surface area contributed by atoms with Gasteiger partial charge in [-0.1, -0.05) is 24.8 Å². The number of nitrogens with zero attached hydrogens (tertiary/aromatic N) is 5. The first-order chi connectivity index (χ1) is 12.7. The van der Waals surface area contributed by atoms with E-state index in [1.807, 2.05) is 28.6 Å². The molecule has 0 aliphatic heterocycles. The smallest absolute Gasteiger partial charge is 0.237 e. The second-order valence-electron chi connectivity index (χ2n) is 6.38. The molecule has 1 aliphatic rings. The second kappa shape index (κ2) is 8.98. The van der Waals surface area contributed by atoms with Gasteiger partial charge in [-0.2, -0.15) is 0 Å². The van der Waals surface area contributed by atoms with E-state index in [4.69, 9.17) is 0 Å². The zero-order valence-corrected chi connectivity index (χ0v) is 16.2. The number of hydrogen-bond donors (Lipinski definition) is 0. The summed E-state index contributed by atoms with van der Waals surface area (Å²) in [5.41, 5.74) is 2.16. The highest BCUT2D eigenvalue weighted by Crippen LogP contribution is 2.25. The molecule has 1 amide bonds. The van der Waals surface area contributed by atoms with Gasteiger partial charge in [-0.05, 0) is 44.2 Å². The summed E-state index contributed by atoms with van der Waals surface area (Å²) < 4.78 is 1.93. The zero-order chi connectivity index (χ0) is 18.4. The molecular weight excluding hydrogens is 346 g/mol. The number of thioether (sulfide) groups is 1. The molecule has 138 valence electrons. The van der Waals surface area contributed by atoms with Crippen LogP contribution in [0.3, 0.4) is 0 Å². The molecule has 3 rings (SSSR count). The van der Waals surface area contributed by atoms with Crippen LogP contribution in [0.25, 0.3) is 11.4 Å². The van der Waals surface area contributed by atoms with Crippen molar-refractivity contribution >= 4 is 17.7 Å². The fourth-order valence-electron chi connectivity index (χ4n) is 3.12. The van der Waals surface area contributed by atoms with E-state index < -0.39 is 0 Å². The molecule has 0 aromatic carbocycles. The lowest BCUT2D eigenvalue weighted by molar-refractivity contribution is -0.126. The highest BCUT2D eigenvalue weighted by molar-refractivity contribution is 7.99. The molecule has 0 fully saturated rings. The summed E-state index contributed by atoms with van der Waals surface area (Å²) in [6, 6.07) is 3.81. The van der Waals surface area contributed by atoms with E-state index in [9.17, 15) is 4.79 Å². The quantitative estimate of drug-likeness (QED) is 0.695. The van der Waals surface area contributed by atoms with Crippen LogP contribution in [0.15, 0.2) is 41.5 Å². The normalized spacial score (nSPS) is 14.2. The molecule has 26 heavy (non-hydrogen) atoms. The molecule has 1 aliphatic carbocycles. The minimum Gasteiger partial charge on any atom is -0.316 e. The molecule has 0 spiro atoms. The number of rotatable bonds is 7. The van der Waals surface area contributed by atoms with Crippen molar-refractivity contribution < 1.29 is 4.79 Å². The third-order valence-corrected chi connectivity index (χ3v) is 5.47. The topological polar surface area (TPSA) is 63.9 Å². The van der Waals surface area contributed by atoms with Gasteiger partial charge in [0.25, 0.3) is 0 Å². The lowest BCUT2D eigenvalue weighted by atomic mass is 10.0. The Labute approximate surface area is 158 Å². The van der Waals surface area contributed by atoms with E-state index in [0.29, 0.717) is 5.75 Å². The van der Waals surface area contributed by atoms with Crippen molar-refractivity contribution in [3.8, 4) is 11.4 Å². The van der Waals surface area contributed by atoms with Gasteiger partial charge < -0.3 is 9.47 Å². The molecule has 6 nitrogen and oxygen atoms in total. The standard InChI is InChI=1S/C19H25N5OS/c1-3-13-24(16-7-5-4-6-8-16)17(25)14-26-19-22-21-18(23(19)2)15-9-11-20-12-10-15/h7,9-12H,3-6,8,13-14H2,1-2H3. The predicted octanol–water partition coefficient (Wildman–Crippen LogP) is 3.67. The summed E-state index contributed by atoms with van der Waals surface area (Å²) in [5, 5.41) is 9.26. The zero-order valence-electron chi connectivity index (χ0n) is 15.4. The molecule has 0 atom stereocenters. The number of amides is 1. The van der Waals surface area contributed by atoms with Gasteiger partial charge >= 0.3 is 0 Å². The van der Waals surface area contributed by atoms with Gasteiger partial charge in [0.1, 0.15) is 0 Å². The van der Waals surface area contributed by atoms with E-state index in [-0.39, 0.29) is 5.91 Å². The average Bonchev–Trinajstić information content (AvgIpc) is 3.06. The third-order valence-electron chi connectivity index (χ3n) is 4.46. The summed E-state index contributed by atoms with van der Waals surface area (Å²) in [4.78, 5) is 18.8. The van der Waals surface area contributed by atoms with Crippen molar-refractivity contribution in [3.63, 3.8) is 0 Å². The van der Waals surface area contributed by atoms with Crippen molar-refractivity contribution in [1.29, 1.82) is 0 Å². The third kappa shape index (κ3) is 4.33. The highest BCUT2D eigenvalue weighted by atomic mass is 32.2. The average molecular weight is 372 g/mol. The number of allylic oxidation sites excluding steroid dienone is 2. The predicted molar refractivity (Wildman–Crippen MR) is 104 cm³/mol. The van der Waals surface area contributed by atoms with Crippen LogP contribution < -0.4 is 0 Å². The van der Waals surface area contributed by atoms with Gasteiger partial charge in [0.2, 0.25) is 5.91 Å². The summed E-state index contributed by atoms with van der Waals surface area (Å²) in [6.07, 6.45) is 11.1. The van der Waals surface area contributed by atoms with Crippen LogP contribution in [0, 0.1) is 0 Å². The Kier molecular flexibility index (Phi) is 6.44. The van der Waals surface area contributed by atoms with Gasteiger partial charge in [-0.25, -0.2) is 0 Å². The molecule has 2 aromatic rings. The number of aromatic nitrogens is 4. The lowest BCUT2D eigenvalue weighted by Gasteiger charge is -2.27. The lowest BCUT2D eigenvalue weighted by Crippen LogP contribution is -2.33. The molecule has 2 aromatic heterocycles. The first-order valence-corrected chi connectivity index (χ1v) is 10.1. The minimum absolute atomic E-state index is 0.151. The highest BCUT2D eigenvalue weighted by Gasteiger charge is 2.20. The number of pyridine rings is 1. The van der Waals surface area contributed by atoms with Crippen LogP contribution in [0.4, 0.5) is 0 Å². The van der Waals surface area contributed by atoms with Crippen molar-refractivity contribution in [2.45, 2.75) is 44.2 Å². The van der Waals surface area contributed by atoms with Crippen LogP contribution in [0.5, 0.6) is 0 Å². The van der Waals surface area contributed by atoms with Crippen LogP contribution in [0.1, 0.15) is 39.0 Å². The maximum Gasteiger partial charge on any atom is 0.237 e. The van der Waals surface area contributed by atoms with Crippen LogP contribution in [-0.4, -0.2) is 42.9 Å². The molecule has 0 bridgehead atoms. The van der Waals surface area contributed by atoms with Crippen LogP contribution >= 0.6 is 11.8 Å². The molecular formula is C19H25N5OS. The van der Waals surface area contributed by atoms with E-state index in [2.05, 4.69) is 28.2 Å². The Bertz CT molecular complexity index is 771. The van der Waals surface area contributed by atoms with Gasteiger partial charge in [0, 0.05) is 37.2 Å². The number of carbonyl (C=O) groups excluding carboxylic acids is 1. The molecule has 0 N–H and O–H groups in total. The fourth-order valence-corrected chi connectivity index (χ4v) is 3.90. The minimum atomic E-state index is 0.151. The second-order valence-corrected chi connectivity index (χ2v) is 7.32. The number of carbonyl (C=O) groups is 1. The van der Waals surface area contributed by atoms with E-state index in [0.717, 1.165) is 42.4 Å². The first kappa shape index (κ1) is 18.6. The monoisotopic (exact) mass is 371 g/mol. The van der Waals surface area contributed by atoms with E-state index in [1.165, 1.54) is 30.3 Å². The summed E-state index contributed by atoms with van der Waals surface area (Å²) >= 11 is 1.44. The molecule has 7 heteroatoms. The molecule has 0 unspecified atom stereocenters. The van der Waals surface area contributed by atoms with Gasteiger partial charge in [0.15, 0.2) is 11.0 Å². The summed E-state index contributed by atoms with van der Waals surface area (Å²) in [7, 11) is 1.93. The van der Waals surface area contributed by atoms with E-state index in [1.54, 1.807) is 12.4 Å². The molecule has 0 saturated carbocycles. The van der Waals surface area contributed by atoms with Crippen molar-refractivity contribution in [3.05, 3.63) is 36.3 Å². The summed E-state index contributed by atoms with van der Waals surface area (Å²) in [5.74, 6) is 1.31. The van der Waals surface area contributed by atoms with Crippen molar-refractivity contribution in [2.75, 3.05) is 12.3 Å². The van der Waals surface area contributed by atoms with Crippen molar-refractivity contribution in [1.82, 2.24) is 24.6 Å². The van der Waals surface area contributed by atoms with Gasteiger partial charge in [-0.15, -0.1) is 10.2 Å². The van der Waals surface area contributed by atoms with E-state index >= 15 is 0 Å². The Morgan fingerprint density at radius 1 is 1.27 bits per heavy atom. The SMILES string of the molecule is CCCN(C(=O)CSc1nnc(-c2ccncc2)n1C)C1=CCCCC1. The largest absolute Gasteiger partial charge is 0.316 e. The fraction of sp³-hybridized carbons (Fsp3) is 0.474. The van der Waals surface area contributed by atoms with Crippen LogP contribution in [0.2, 0.25) is 0 Å². The Hall–Kier alpha value is -2.15. The van der Waals surface area contributed by atoms with Gasteiger partial charge in [-0.3, -0.25) is 9.78 Å². The Morgan fingerprint density at radius 2 is 2.08 bits per heavy atom. The maximum absolute atomic E-state index is 12.8. The molecule has 0 radical (unpaired) electrons. The number of hydrogen-bond acceptors (Lipinski definition) is 5. The maximum atomic E-state index is 12.8. The Balaban J connectivity index is 1.67. The molecule has 2 heterocycles. The Morgan fingerprint density at radius 3 is 2.77 bits per heavy atom. The molecule has 0 saturated heterocycles. The van der Waals surface area contributed by atoms with Crippen LogP contribution in [-0.2, 0) is 11.8 Å². The van der Waals surface area contributed by atoms with Gasteiger partial charge in [0.05, 0.1) is 5.75 Å². The summed E-state index contributed by atoms with van der Waals surface area (Å²) in [6.45, 7) is 2.90. The first-order valence-electron chi connectivity index (χ1n) is 9.12.